The Hall–Kier alpha value is -0.970. The molecule has 1 aliphatic heterocycles. The second kappa shape index (κ2) is 5.67. The minimum absolute atomic E-state index is 0.0547. The summed E-state index contributed by atoms with van der Waals surface area (Å²) >= 11 is 3.03. The maximum atomic E-state index is 12.2. The van der Waals surface area contributed by atoms with Crippen molar-refractivity contribution in [2.24, 2.45) is 0 Å². The van der Waals surface area contributed by atoms with Gasteiger partial charge in [-0.1, -0.05) is 0 Å². The Bertz CT molecular complexity index is 787. The SMILES string of the molecule is O=C(O)c1cc(S(=O)(=O)NC2CCS(=O)(=O)C2)ccc1Br. The molecule has 21 heavy (non-hydrogen) atoms. The van der Waals surface area contributed by atoms with Gasteiger partial charge in [0.25, 0.3) is 0 Å². The minimum atomic E-state index is -3.97. The Morgan fingerprint density at radius 3 is 2.57 bits per heavy atom. The molecule has 0 aliphatic carbocycles. The van der Waals surface area contributed by atoms with Gasteiger partial charge in [-0.2, -0.15) is 0 Å². The van der Waals surface area contributed by atoms with Crippen molar-refractivity contribution >= 4 is 41.8 Å². The summed E-state index contributed by atoms with van der Waals surface area (Å²) in [5.74, 6) is -1.56. The van der Waals surface area contributed by atoms with Crippen LogP contribution in [0.5, 0.6) is 0 Å². The molecule has 1 aromatic carbocycles. The van der Waals surface area contributed by atoms with Crippen molar-refractivity contribution in [3.8, 4) is 0 Å². The van der Waals surface area contributed by atoms with Gasteiger partial charge in [0.1, 0.15) is 0 Å². The fraction of sp³-hybridized carbons (Fsp3) is 0.364. The highest BCUT2D eigenvalue weighted by Gasteiger charge is 2.31. The Morgan fingerprint density at radius 2 is 2.05 bits per heavy atom. The average Bonchev–Trinajstić information content (AvgIpc) is 2.67. The number of aromatic carboxylic acids is 1. The zero-order chi connectivity index (χ0) is 15.8. The van der Waals surface area contributed by atoms with Crippen molar-refractivity contribution in [3.05, 3.63) is 28.2 Å². The first-order chi connectivity index (χ1) is 9.61. The number of hydrogen-bond acceptors (Lipinski definition) is 5. The van der Waals surface area contributed by atoms with Crippen LogP contribution in [0.25, 0.3) is 0 Å². The Balaban J connectivity index is 2.28. The highest BCUT2D eigenvalue weighted by atomic mass is 79.9. The van der Waals surface area contributed by atoms with Crippen molar-refractivity contribution in [1.82, 2.24) is 4.72 Å². The van der Waals surface area contributed by atoms with Crippen LogP contribution in [0.1, 0.15) is 16.8 Å². The predicted octanol–water partition coefficient (Wildman–Crippen LogP) is 0.613. The van der Waals surface area contributed by atoms with Crippen molar-refractivity contribution in [3.63, 3.8) is 0 Å². The lowest BCUT2D eigenvalue weighted by atomic mass is 10.2. The van der Waals surface area contributed by atoms with Gasteiger partial charge in [-0.05, 0) is 40.5 Å². The highest BCUT2D eigenvalue weighted by molar-refractivity contribution is 9.10. The first kappa shape index (κ1) is 16.4. The van der Waals surface area contributed by atoms with Gasteiger partial charge >= 0.3 is 5.97 Å². The lowest BCUT2D eigenvalue weighted by Crippen LogP contribution is -2.35. The van der Waals surface area contributed by atoms with Gasteiger partial charge in [-0.15, -0.1) is 0 Å². The van der Waals surface area contributed by atoms with Crippen molar-refractivity contribution in [2.45, 2.75) is 17.4 Å². The summed E-state index contributed by atoms with van der Waals surface area (Å²) < 4.78 is 49.6. The molecule has 1 atom stereocenters. The zero-order valence-electron chi connectivity index (χ0n) is 10.6. The molecule has 0 bridgehead atoms. The lowest BCUT2D eigenvalue weighted by molar-refractivity contribution is 0.0695. The van der Waals surface area contributed by atoms with Gasteiger partial charge < -0.3 is 5.11 Å². The van der Waals surface area contributed by atoms with E-state index < -0.39 is 31.9 Å². The monoisotopic (exact) mass is 397 g/mol. The second-order valence-corrected chi connectivity index (χ2v) is 9.47. The molecule has 0 aromatic heterocycles. The van der Waals surface area contributed by atoms with E-state index in [1.807, 2.05) is 0 Å². The largest absolute Gasteiger partial charge is 0.478 e. The molecule has 2 rings (SSSR count). The Morgan fingerprint density at radius 1 is 1.38 bits per heavy atom. The van der Waals surface area contributed by atoms with E-state index in [9.17, 15) is 21.6 Å². The van der Waals surface area contributed by atoms with Gasteiger partial charge in [0.05, 0.1) is 22.0 Å². The van der Waals surface area contributed by atoms with Crippen molar-refractivity contribution in [2.75, 3.05) is 11.5 Å². The third-order valence-corrected chi connectivity index (χ3v) is 7.01. The van der Waals surface area contributed by atoms with E-state index >= 15 is 0 Å². The second-order valence-electron chi connectivity index (χ2n) is 4.67. The summed E-state index contributed by atoms with van der Waals surface area (Å²) in [6.07, 6.45) is 0.212. The van der Waals surface area contributed by atoms with Crippen LogP contribution in [0.2, 0.25) is 0 Å². The van der Waals surface area contributed by atoms with Crippen LogP contribution in [0, 0.1) is 0 Å². The maximum absolute atomic E-state index is 12.2. The minimum Gasteiger partial charge on any atom is -0.478 e. The number of sulfone groups is 1. The molecule has 0 saturated carbocycles. The molecule has 0 spiro atoms. The topological polar surface area (TPSA) is 118 Å². The molecule has 1 heterocycles. The predicted molar refractivity (Wildman–Crippen MR) is 78.5 cm³/mol. The van der Waals surface area contributed by atoms with E-state index in [2.05, 4.69) is 20.7 Å². The molecule has 1 saturated heterocycles. The van der Waals surface area contributed by atoms with Gasteiger partial charge in [-0.3, -0.25) is 0 Å². The average molecular weight is 398 g/mol. The molecule has 116 valence electrons. The first-order valence-electron chi connectivity index (χ1n) is 5.86. The van der Waals surface area contributed by atoms with Gasteiger partial charge in [-0.25, -0.2) is 26.4 Å². The van der Waals surface area contributed by atoms with E-state index in [1.165, 1.54) is 12.1 Å². The number of nitrogens with one attached hydrogen (secondary N) is 1. The molecule has 2 N–H and O–H groups in total. The summed E-state index contributed by atoms with van der Waals surface area (Å²) in [5, 5.41) is 8.98. The quantitative estimate of drug-likeness (QED) is 0.768. The van der Waals surface area contributed by atoms with Crippen LogP contribution in [0.3, 0.4) is 0 Å². The van der Waals surface area contributed by atoms with E-state index in [4.69, 9.17) is 5.11 Å². The van der Waals surface area contributed by atoms with Crippen molar-refractivity contribution in [1.29, 1.82) is 0 Å². The van der Waals surface area contributed by atoms with Crippen LogP contribution < -0.4 is 4.72 Å². The molecule has 1 aliphatic rings. The van der Waals surface area contributed by atoms with Crippen LogP contribution in [0.15, 0.2) is 27.6 Å². The molecule has 0 amide bonds. The van der Waals surface area contributed by atoms with Gasteiger partial charge in [0, 0.05) is 10.5 Å². The number of sulfonamides is 1. The number of benzene rings is 1. The van der Waals surface area contributed by atoms with Gasteiger partial charge in [0.2, 0.25) is 10.0 Å². The summed E-state index contributed by atoms with van der Waals surface area (Å²) in [4.78, 5) is 10.8. The highest BCUT2D eigenvalue weighted by Crippen LogP contribution is 2.22. The summed E-state index contributed by atoms with van der Waals surface area (Å²) in [5.41, 5.74) is -0.183. The number of carboxylic acid groups (broad SMARTS) is 1. The fourth-order valence-corrected chi connectivity index (χ4v) is 5.50. The van der Waals surface area contributed by atoms with Crippen LogP contribution >= 0.6 is 15.9 Å². The standard InChI is InChI=1S/C11H12BrNO6S2/c12-10-2-1-8(5-9(10)11(14)15)21(18,19)13-7-3-4-20(16,17)6-7/h1-2,5,7,13H,3-4,6H2,(H,14,15). The third-order valence-electron chi connectivity index (χ3n) is 3.03. The van der Waals surface area contributed by atoms with Crippen LogP contribution in [-0.4, -0.2) is 45.5 Å². The Labute approximate surface area is 130 Å². The fourth-order valence-electron chi connectivity index (χ4n) is 2.01. The third kappa shape index (κ3) is 3.82. The molecule has 10 heteroatoms. The number of halogens is 1. The molecular formula is C11H12BrNO6S2. The summed E-state index contributed by atoms with van der Waals surface area (Å²) in [7, 11) is -7.17. The Kier molecular flexibility index (Phi) is 4.43. The molecule has 1 unspecified atom stereocenters. The molecular weight excluding hydrogens is 386 g/mol. The number of hydrogen-bond donors (Lipinski definition) is 2. The number of carboxylic acids is 1. The molecule has 1 fully saturated rings. The first-order valence-corrected chi connectivity index (χ1v) is 9.96. The zero-order valence-corrected chi connectivity index (χ0v) is 13.8. The van der Waals surface area contributed by atoms with E-state index in [1.54, 1.807) is 0 Å². The smallest absolute Gasteiger partial charge is 0.336 e. The van der Waals surface area contributed by atoms with E-state index in [-0.39, 0.29) is 32.9 Å². The normalized spacial score (nSPS) is 21.3. The lowest BCUT2D eigenvalue weighted by Gasteiger charge is -2.12. The summed E-state index contributed by atoms with van der Waals surface area (Å²) in [6.45, 7) is 0. The summed E-state index contributed by atoms with van der Waals surface area (Å²) in [6, 6.07) is 2.92. The van der Waals surface area contributed by atoms with E-state index in [0.717, 1.165) is 6.07 Å². The van der Waals surface area contributed by atoms with Gasteiger partial charge in [0.15, 0.2) is 9.84 Å². The van der Waals surface area contributed by atoms with E-state index in [0.29, 0.717) is 0 Å². The molecule has 7 nitrogen and oxygen atoms in total. The van der Waals surface area contributed by atoms with Crippen LogP contribution in [-0.2, 0) is 19.9 Å². The number of carbonyl (C=O) groups is 1. The maximum Gasteiger partial charge on any atom is 0.336 e. The number of rotatable bonds is 4. The molecule has 0 radical (unpaired) electrons. The van der Waals surface area contributed by atoms with Crippen LogP contribution in [0.4, 0.5) is 0 Å². The molecule has 1 aromatic rings. The van der Waals surface area contributed by atoms with Crippen molar-refractivity contribution < 1.29 is 26.7 Å².